The lowest BCUT2D eigenvalue weighted by Gasteiger charge is -1.99. The summed E-state index contributed by atoms with van der Waals surface area (Å²) in [5.41, 5.74) is 1.17. The Balaban J connectivity index is 2.04. The van der Waals surface area contributed by atoms with Gasteiger partial charge in [-0.1, -0.05) is 18.2 Å². The van der Waals surface area contributed by atoms with Crippen LogP contribution in [0.1, 0.15) is 11.7 Å². The van der Waals surface area contributed by atoms with E-state index < -0.39 is 18.4 Å². The molecule has 0 spiro atoms. The summed E-state index contributed by atoms with van der Waals surface area (Å²) in [6, 6.07) is 7.00. The lowest BCUT2D eigenvalue weighted by molar-refractivity contribution is -0.146. The molecule has 96 valence electrons. The lowest BCUT2D eigenvalue weighted by Crippen LogP contribution is -2.16. The number of alkyl halides is 3. The molecule has 18 heavy (non-hydrogen) atoms. The molecule has 0 amide bonds. The molecule has 3 nitrogen and oxygen atoms in total. The third kappa shape index (κ3) is 1.69. The van der Waals surface area contributed by atoms with E-state index in [4.69, 9.17) is 4.74 Å². The van der Waals surface area contributed by atoms with Gasteiger partial charge in [-0.15, -0.1) is 0 Å². The maximum atomic E-state index is 12.5. The van der Waals surface area contributed by atoms with Gasteiger partial charge >= 0.3 is 6.18 Å². The molecule has 1 N–H and O–H groups in total. The Bertz CT molecular complexity index is 591. The minimum Gasteiger partial charge on any atom is -0.376 e. The highest BCUT2D eigenvalue weighted by Crippen LogP contribution is 2.50. The van der Waals surface area contributed by atoms with Gasteiger partial charge in [0.05, 0.1) is 5.52 Å². The Hall–Kier alpha value is -1.53. The number of rotatable bonds is 2. The SMILES string of the molecule is OCn1cc(C2OC2C(F)(F)F)c2ccccc21. The van der Waals surface area contributed by atoms with Crippen molar-refractivity contribution in [1.29, 1.82) is 0 Å². The molecule has 2 heterocycles. The second-order valence-corrected chi connectivity index (χ2v) is 4.23. The fraction of sp³-hybridized carbons (Fsp3) is 0.333. The average Bonchev–Trinajstić information content (AvgIpc) is 3.05. The van der Waals surface area contributed by atoms with Gasteiger partial charge in [-0.2, -0.15) is 13.2 Å². The second-order valence-electron chi connectivity index (χ2n) is 4.23. The average molecular weight is 257 g/mol. The Morgan fingerprint density at radius 1 is 1.28 bits per heavy atom. The van der Waals surface area contributed by atoms with Gasteiger partial charge < -0.3 is 14.4 Å². The van der Waals surface area contributed by atoms with Gasteiger partial charge in [0.1, 0.15) is 12.8 Å². The number of fused-ring (bicyclic) bond motifs is 1. The van der Waals surface area contributed by atoms with Crippen molar-refractivity contribution in [2.75, 3.05) is 0 Å². The zero-order valence-corrected chi connectivity index (χ0v) is 9.19. The minimum absolute atomic E-state index is 0.274. The number of nitrogens with zero attached hydrogens (tertiary/aromatic N) is 1. The standard InChI is InChI=1S/C12H10F3NO2/c13-12(14,15)11-10(18-11)8-5-16(6-17)9-4-2-1-3-7(8)9/h1-5,10-11,17H,6H2. The second kappa shape index (κ2) is 3.73. The summed E-state index contributed by atoms with van der Waals surface area (Å²) in [5, 5.41) is 9.86. The molecule has 2 atom stereocenters. The van der Waals surface area contributed by atoms with Crippen LogP contribution in [0.25, 0.3) is 10.9 Å². The van der Waals surface area contributed by atoms with Crippen molar-refractivity contribution in [3.05, 3.63) is 36.0 Å². The Labute approximate surface area is 100 Å². The number of aliphatic hydroxyl groups is 1. The van der Waals surface area contributed by atoms with Crippen LogP contribution in [0.5, 0.6) is 0 Å². The molecule has 1 saturated heterocycles. The summed E-state index contributed by atoms with van der Waals surface area (Å²) in [6.45, 7) is -0.274. The predicted octanol–water partition coefficient (Wildman–Crippen LogP) is 2.59. The number of halogens is 3. The highest BCUT2D eigenvalue weighted by Gasteiger charge is 2.59. The number of hydrogen-bond donors (Lipinski definition) is 1. The predicted molar refractivity (Wildman–Crippen MR) is 57.8 cm³/mol. The van der Waals surface area contributed by atoms with Crippen LogP contribution in [-0.2, 0) is 11.5 Å². The Morgan fingerprint density at radius 2 is 2.00 bits per heavy atom. The van der Waals surface area contributed by atoms with Crippen LogP contribution in [0, 0.1) is 0 Å². The molecule has 1 aromatic carbocycles. The van der Waals surface area contributed by atoms with Crippen LogP contribution < -0.4 is 0 Å². The van der Waals surface area contributed by atoms with Crippen LogP contribution >= 0.6 is 0 Å². The first-order valence-electron chi connectivity index (χ1n) is 5.43. The topological polar surface area (TPSA) is 37.7 Å². The third-order valence-electron chi connectivity index (χ3n) is 3.09. The van der Waals surface area contributed by atoms with Gasteiger partial charge in [0.15, 0.2) is 6.10 Å². The summed E-state index contributed by atoms with van der Waals surface area (Å²) >= 11 is 0. The van der Waals surface area contributed by atoms with E-state index in [-0.39, 0.29) is 6.73 Å². The van der Waals surface area contributed by atoms with E-state index in [1.165, 1.54) is 10.8 Å². The molecule has 0 saturated carbocycles. The van der Waals surface area contributed by atoms with Gasteiger partial charge in [0.2, 0.25) is 0 Å². The van der Waals surface area contributed by atoms with Gasteiger partial charge in [-0.05, 0) is 6.07 Å². The number of hydrogen-bond acceptors (Lipinski definition) is 2. The summed E-state index contributed by atoms with van der Waals surface area (Å²) in [5.74, 6) is 0. The fourth-order valence-corrected chi connectivity index (χ4v) is 2.22. The van der Waals surface area contributed by atoms with E-state index >= 15 is 0 Å². The van der Waals surface area contributed by atoms with Crippen LogP contribution in [0.2, 0.25) is 0 Å². The van der Waals surface area contributed by atoms with Crippen molar-refractivity contribution in [2.24, 2.45) is 0 Å². The summed E-state index contributed by atoms with van der Waals surface area (Å²) in [6.07, 6.45) is -5.51. The van der Waals surface area contributed by atoms with Crippen molar-refractivity contribution in [3.63, 3.8) is 0 Å². The minimum atomic E-state index is -4.34. The molecule has 1 fully saturated rings. The van der Waals surface area contributed by atoms with Gasteiger partial charge in [-0.3, -0.25) is 0 Å². The summed E-state index contributed by atoms with van der Waals surface area (Å²) in [4.78, 5) is 0. The molecule has 6 heteroatoms. The summed E-state index contributed by atoms with van der Waals surface area (Å²) < 4.78 is 43.7. The zero-order chi connectivity index (χ0) is 12.9. The number of para-hydroxylation sites is 1. The van der Waals surface area contributed by atoms with E-state index in [1.54, 1.807) is 24.3 Å². The first-order chi connectivity index (χ1) is 8.52. The van der Waals surface area contributed by atoms with Gasteiger partial charge in [0.25, 0.3) is 0 Å². The van der Waals surface area contributed by atoms with Crippen LogP contribution in [-0.4, -0.2) is 22.0 Å². The number of ether oxygens (including phenoxy) is 1. The van der Waals surface area contributed by atoms with E-state index in [0.29, 0.717) is 16.5 Å². The number of benzene rings is 1. The normalized spacial score (nSPS) is 23.6. The number of aliphatic hydroxyl groups excluding tert-OH is 1. The van der Waals surface area contributed by atoms with Crippen molar-refractivity contribution in [3.8, 4) is 0 Å². The Morgan fingerprint density at radius 3 is 2.61 bits per heavy atom. The molecule has 1 aromatic heterocycles. The highest BCUT2D eigenvalue weighted by atomic mass is 19.4. The third-order valence-corrected chi connectivity index (χ3v) is 3.09. The Kier molecular flexibility index (Phi) is 2.39. The first kappa shape index (κ1) is 11.6. The van der Waals surface area contributed by atoms with Crippen molar-refractivity contribution in [2.45, 2.75) is 25.1 Å². The maximum absolute atomic E-state index is 12.5. The fourth-order valence-electron chi connectivity index (χ4n) is 2.22. The molecule has 0 aliphatic carbocycles. The maximum Gasteiger partial charge on any atom is 0.417 e. The van der Waals surface area contributed by atoms with E-state index in [1.807, 2.05) is 0 Å². The smallest absolute Gasteiger partial charge is 0.376 e. The molecular formula is C12H10F3NO2. The van der Waals surface area contributed by atoms with Crippen molar-refractivity contribution in [1.82, 2.24) is 4.57 Å². The first-order valence-corrected chi connectivity index (χ1v) is 5.43. The molecule has 1 aliphatic heterocycles. The number of epoxide rings is 1. The van der Waals surface area contributed by atoms with E-state index in [0.717, 1.165) is 0 Å². The molecule has 1 aliphatic rings. The van der Waals surface area contributed by atoms with Gasteiger partial charge in [0, 0.05) is 17.1 Å². The van der Waals surface area contributed by atoms with Gasteiger partial charge in [-0.25, -0.2) is 0 Å². The molecular weight excluding hydrogens is 247 g/mol. The highest BCUT2D eigenvalue weighted by molar-refractivity contribution is 5.84. The summed E-state index contributed by atoms with van der Waals surface area (Å²) in [7, 11) is 0. The molecule has 3 rings (SSSR count). The monoisotopic (exact) mass is 257 g/mol. The van der Waals surface area contributed by atoms with Crippen molar-refractivity contribution >= 4 is 10.9 Å². The van der Waals surface area contributed by atoms with Crippen molar-refractivity contribution < 1.29 is 23.0 Å². The lowest BCUT2D eigenvalue weighted by atomic mass is 10.1. The van der Waals surface area contributed by atoms with E-state index in [2.05, 4.69) is 0 Å². The zero-order valence-electron chi connectivity index (χ0n) is 9.19. The largest absolute Gasteiger partial charge is 0.417 e. The van der Waals surface area contributed by atoms with Crippen LogP contribution in [0.3, 0.4) is 0 Å². The van der Waals surface area contributed by atoms with E-state index in [9.17, 15) is 18.3 Å². The molecule has 2 aromatic rings. The molecule has 2 unspecified atom stereocenters. The van der Waals surface area contributed by atoms with Crippen LogP contribution in [0.15, 0.2) is 30.5 Å². The number of aromatic nitrogens is 1. The molecule has 0 bridgehead atoms. The quantitative estimate of drug-likeness (QED) is 0.840. The molecule has 0 radical (unpaired) electrons. The van der Waals surface area contributed by atoms with Crippen LogP contribution in [0.4, 0.5) is 13.2 Å².